The van der Waals surface area contributed by atoms with Crippen LogP contribution in [-0.2, 0) is 4.74 Å². The first-order valence-electron chi connectivity index (χ1n) is 13.8. The highest BCUT2D eigenvalue weighted by Crippen LogP contribution is 2.60. The van der Waals surface area contributed by atoms with Crippen molar-refractivity contribution in [2.45, 2.75) is 70.7 Å². The average molecular weight is 467 g/mol. The molecule has 3 aliphatic carbocycles. The van der Waals surface area contributed by atoms with E-state index in [0.29, 0.717) is 12.0 Å². The Kier molecular flexibility index (Phi) is 6.41. The summed E-state index contributed by atoms with van der Waals surface area (Å²) in [7, 11) is 0. The van der Waals surface area contributed by atoms with Gasteiger partial charge in [0.2, 0.25) is 6.29 Å². The molecule has 3 aromatic carbocycles. The Morgan fingerprint density at radius 1 is 0.743 bits per heavy atom. The summed E-state index contributed by atoms with van der Waals surface area (Å²) in [5.41, 5.74) is 4.92. The van der Waals surface area contributed by atoms with Crippen LogP contribution in [0.15, 0.2) is 78.9 Å². The number of benzene rings is 3. The summed E-state index contributed by atoms with van der Waals surface area (Å²) in [6.07, 6.45) is 7.92. The third-order valence-corrected chi connectivity index (χ3v) is 9.26. The quantitative estimate of drug-likeness (QED) is 0.309. The summed E-state index contributed by atoms with van der Waals surface area (Å²) in [6.45, 7) is 4.52. The Labute approximate surface area is 210 Å². The average Bonchev–Trinajstić information content (AvgIpc) is 3.63. The SMILES string of the molecule is CCC(C)c1ccc(OC(OC2CC3CC2C2CCCC32)c2ccc(-c3ccccc3)cc2)cc1. The predicted molar refractivity (Wildman–Crippen MR) is 142 cm³/mol. The number of rotatable bonds is 8. The zero-order valence-electron chi connectivity index (χ0n) is 21.1. The smallest absolute Gasteiger partial charge is 0.226 e. The second-order valence-electron chi connectivity index (χ2n) is 11.1. The maximum Gasteiger partial charge on any atom is 0.226 e. The minimum absolute atomic E-state index is 0.317. The lowest BCUT2D eigenvalue weighted by Crippen LogP contribution is -2.32. The van der Waals surface area contributed by atoms with Crippen LogP contribution in [0.4, 0.5) is 0 Å². The van der Waals surface area contributed by atoms with E-state index in [1.54, 1.807) is 0 Å². The minimum atomic E-state index is -0.376. The van der Waals surface area contributed by atoms with E-state index in [-0.39, 0.29) is 6.29 Å². The number of fused-ring (bicyclic) bond motifs is 5. The summed E-state index contributed by atoms with van der Waals surface area (Å²) in [4.78, 5) is 0. The predicted octanol–water partition coefficient (Wildman–Crippen LogP) is 8.79. The first kappa shape index (κ1) is 22.9. The fourth-order valence-corrected chi connectivity index (χ4v) is 7.19. The fourth-order valence-electron chi connectivity index (χ4n) is 7.19. The Morgan fingerprint density at radius 3 is 2.17 bits per heavy atom. The van der Waals surface area contributed by atoms with Gasteiger partial charge < -0.3 is 9.47 Å². The monoisotopic (exact) mass is 466 g/mol. The number of hydrogen-bond acceptors (Lipinski definition) is 2. The van der Waals surface area contributed by atoms with Crippen molar-refractivity contribution in [1.29, 1.82) is 0 Å². The molecule has 0 radical (unpaired) electrons. The second kappa shape index (κ2) is 9.82. The van der Waals surface area contributed by atoms with Crippen LogP contribution in [0.25, 0.3) is 11.1 Å². The van der Waals surface area contributed by atoms with Gasteiger partial charge in [-0.1, -0.05) is 87.0 Å². The summed E-state index contributed by atoms with van der Waals surface area (Å²) in [6, 6.07) is 28.0. The molecule has 0 heterocycles. The van der Waals surface area contributed by atoms with Gasteiger partial charge >= 0.3 is 0 Å². The van der Waals surface area contributed by atoms with E-state index in [1.165, 1.54) is 48.8 Å². The maximum atomic E-state index is 6.87. The van der Waals surface area contributed by atoms with Crippen molar-refractivity contribution in [2.75, 3.05) is 0 Å². The van der Waals surface area contributed by atoms with Crippen molar-refractivity contribution < 1.29 is 9.47 Å². The Hall–Kier alpha value is -2.58. The Morgan fingerprint density at radius 2 is 1.43 bits per heavy atom. The minimum Gasteiger partial charge on any atom is -0.461 e. The third kappa shape index (κ3) is 4.54. The molecule has 7 atom stereocenters. The van der Waals surface area contributed by atoms with Crippen molar-refractivity contribution in [1.82, 2.24) is 0 Å². The molecule has 6 rings (SSSR count). The van der Waals surface area contributed by atoms with Crippen LogP contribution < -0.4 is 4.74 Å². The van der Waals surface area contributed by atoms with E-state index in [2.05, 4.69) is 92.7 Å². The van der Waals surface area contributed by atoms with E-state index in [9.17, 15) is 0 Å². The van der Waals surface area contributed by atoms with Gasteiger partial charge in [0, 0.05) is 5.56 Å². The van der Waals surface area contributed by atoms with Crippen molar-refractivity contribution in [3.8, 4) is 16.9 Å². The standard InChI is InChI=1S/C33H38O2/c1-3-22(2)23-16-18-28(19-17-23)34-33(26-14-12-25(13-15-26)24-8-5-4-6-9-24)35-32-21-27-20-31(32)30-11-7-10-29(27)30/h4-6,8-9,12-19,22,27,29-33H,3,7,10-11,20-21H2,1-2H3. The highest BCUT2D eigenvalue weighted by molar-refractivity contribution is 5.63. The van der Waals surface area contributed by atoms with Gasteiger partial charge in [-0.05, 0) is 90.5 Å². The largest absolute Gasteiger partial charge is 0.461 e. The van der Waals surface area contributed by atoms with Gasteiger partial charge in [0.05, 0.1) is 6.10 Å². The summed E-state index contributed by atoms with van der Waals surface area (Å²) >= 11 is 0. The van der Waals surface area contributed by atoms with Crippen LogP contribution in [-0.4, -0.2) is 6.10 Å². The van der Waals surface area contributed by atoms with Gasteiger partial charge in [0.25, 0.3) is 0 Å². The van der Waals surface area contributed by atoms with Crippen molar-refractivity contribution in [3.63, 3.8) is 0 Å². The van der Waals surface area contributed by atoms with Crippen LogP contribution in [0, 0.1) is 23.7 Å². The molecule has 3 fully saturated rings. The molecule has 3 saturated carbocycles. The lowest BCUT2D eigenvalue weighted by atomic mass is 9.80. The zero-order chi connectivity index (χ0) is 23.8. The van der Waals surface area contributed by atoms with Crippen LogP contribution in [0.5, 0.6) is 5.75 Å². The second-order valence-corrected chi connectivity index (χ2v) is 11.1. The van der Waals surface area contributed by atoms with Crippen molar-refractivity contribution in [3.05, 3.63) is 90.0 Å². The molecule has 0 amide bonds. The highest BCUT2D eigenvalue weighted by Gasteiger charge is 2.54. The molecule has 2 heteroatoms. The van der Waals surface area contributed by atoms with E-state index < -0.39 is 0 Å². The Balaban J connectivity index is 1.24. The number of hydrogen-bond donors (Lipinski definition) is 0. The molecular weight excluding hydrogens is 428 g/mol. The van der Waals surface area contributed by atoms with Crippen LogP contribution in [0.3, 0.4) is 0 Å². The van der Waals surface area contributed by atoms with Gasteiger partial charge in [-0.25, -0.2) is 0 Å². The summed E-state index contributed by atoms with van der Waals surface area (Å²) < 4.78 is 13.4. The van der Waals surface area contributed by atoms with Gasteiger partial charge in [0.15, 0.2) is 0 Å². The van der Waals surface area contributed by atoms with Gasteiger partial charge in [0.1, 0.15) is 5.75 Å². The molecule has 0 spiro atoms. The molecule has 3 aliphatic rings. The van der Waals surface area contributed by atoms with E-state index in [1.807, 2.05) is 0 Å². The first-order valence-corrected chi connectivity index (χ1v) is 13.8. The van der Waals surface area contributed by atoms with E-state index in [0.717, 1.165) is 41.4 Å². The molecule has 3 aromatic rings. The van der Waals surface area contributed by atoms with Crippen molar-refractivity contribution >= 4 is 0 Å². The molecule has 0 aliphatic heterocycles. The fraction of sp³-hybridized carbons (Fsp3) is 0.455. The van der Waals surface area contributed by atoms with Crippen LogP contribution in [0.2, 0.25) is 0 Å². The molecule has 0 N–H and O–H groups in total. The first-order chi connectivity index (χ1) is 17.2. The normalized spacial score (nSPS) is 28.6. The highest BCUT2D eigenvalue weighted by atomic mass is 16.7. The van der Waals surface area contributed by atoms with Gasteiger partial charge in [-0.15, -0.1) is 0 Å². The molecule has 0 aromatic heterocycles. The molecule has 0 saturated heterocycles. The zero-order valence-corrected chi connectivity index (χ0v) is 21.1. The van der Waals surface area contributed by atoms with Gasteiger partial charge in [-0.2, -0.15) is 0 Å². The topological polar surface area (TPSA) is 18.5 Å². The maximum absolute atomic E-state index is 6.87. The van der Waals surface area contributed by atoms with Crippen LogP contribution >= 0.6 is 0 Å². The number of ether oxygens (including phenoxy) is 2. The Bertz CT molecular complexity index is 1100. The third-order valence-electron chi connectivity index (χ3n) is 9.26. The molecule has 35 heavy (non-hydrogen) atoms. The van der Waals surface area contributed by atoms with Gasteiger partial charge in [-0.3, -0.25) is 0 Å². The van der Waals surface area contributed by atoms with Crippen LogP contribution in [0.1, 0.15) is 75.7 Å². The summed E-state index contributed by atoms with van der Waals surface area (Å²) in [5.74, 6) is 4.89. The molecule has 7 unspecified atom stereocenters. The molecule has 182 valence electrons. The summed E-state index contributed by atoms with van der Waals surface area (Å²) in [5, 5.41) is 0. The lowest BCUT2D eigenvalue weighted by Gasteiger charge is -2.34. The van der Waals surface area contributed by atoms with E-state index in [4.69, 9.17) is 9.47 Å². The van der Waals surface area contributed by atoms with E-state index >= 15 is 0 Å². The lowest BCUT2D eigenvalue weighted by molar-refractivity contribution is -0.146. The molecule has 2 bridgehead atoms. The van der Waals surface area contributed by atoms with Crippen molar-refractivity contribution in [2.24, 2.45) is 23.7 Å². The molecule has 2 nitrogen and oxygen atoms in total. The molecular formula is C33H38O2.